The van der Waals surface area contributed by atoms with E-state index in [9.17, 15) is 17.2 Å². The molecule has 0 N–H and O–H groups in total. The number of hydrogen-bond donors (Lipinski definition) is 1. The van der Waals surface area contributed by atoms with E-state index in [0.717, 1.165) is 15.6 Å². The number of allylic oxidation sites excluding steroid dienone is 2. The average Bonchev–Trinajstić information content (AvgIpc) is 3.26. The molecule has 0 aliphatic rings. The summed E-state index contributed by atoms with van der Waals surface area (Å²) in [6.45, 7) is 6.90. The van der Waals surface area contributed by atoms with Crippen LogP contribution in [0.3, 0.4) is 0 Å². The fourth-order valence-electron chi connectivity index (χ4n) is 1.72. The number of nitrogens with zero attached hydrogens (tertiary/aromatic N) is 5. The van der Waals surface area contributed by atoms with Gasteiger partial charge in [0.1, 0.15) is 9.88 Å². The van der Waals surface area contributed by atoms with E-state index < -0.39 is 23.2 Å². The first-order valence-electron chi connectivity index (χ1n) is 6.91. The van der Waals surface area contributed by atoms with E-state index in [1.165, 1.54) is 30.8 Å². The molecule has 0 unspecified atom stereocenters. The molecule has 2 aromatic rings. The lowest BCUT2D eigenvalue weighted by Gasteiger charge is -2.16. The number of halogens is 2. The van der Waals surface area contributed by atoms with Gasteiger partial charge in [0.05, 0.1) is 18.4 Å². The van der Waals surface area contributed by atoms with Crippen molar-refractivity contribution in [3.05, 3.63) is 54.3 Å². The highest BCUT2D eigenvalue weighted by atomic mass is 32.2. The van der Waals surface area contributed by atoms with E-state index in [-0.39, 0.29) is 18.1 Å². The quantitative estimate of drug-likeness (QED) is 0.394. The Labute approximate surface area is 153 Å². The van der Waals surface area contributed by atoms with Crippen molar-refractivity contribution in [3.8, 4) is 10.8 Å². The summed E-state index contributed by atoms with van der Waals surface area (Å²) < 4.78 is 54.0. The van der Waals surface area contributed by atoms with Crippen molar-refractivity contribution in [3.63, 3.8) is 0 Å². The predicted molar refractivity (Wildman–Crippen MR) is 93.2 cm³/mol. The predicted octanol–water partition coefficient (Wildman–Crippen LogP) is 2.74. The minimum atomic E-state index is -2.98. The van der Waals surface area contributed by atoms with Crippen LogP contribution in [-0.4, -0.2) is 34.1 Å². The molecule has 2 heterocycles. The standard InChI is InChI=1S/C14H13F2N5O3S2/c1-3-9(5-6-17-4-2)21(26(22)23)8-11-18-7-10(25-11)13-19-20-14(24-13)12(15)16/h3-7,12,26H,1-2,8H2/b9-5+,17-6-. The Morgan fingerprint density at radius 1 is 1.42 bits per heavy atom. The molecular formula is C14H13F2N5O3S2. The number of aromatic nitrogens is 3. The number of rotatable bonds is 9. The van der Waals surface area contributed by atoms with Gasteiger partial charge in [0.2, 0.25) is 10.9 Å². The van der Waals surface area contributed by atoms with Crippen LogP contribution in [0.15, 0.2) is 52.8 Å². The molecule has 0 spiro atoms. The minimum Gasteiger partial charge on any atom is -0.414 e. The molecule has 0 aliphatic carbocycles. The number of thiazole rings is 1. The molecule has 0 saturated carbocycles. The van der Waals surface area contributed by atoms with Crippen molar-refractivity contribution in [1.29, 1.82) is 0 Å². The molecule has 0 fully saturated rings. The molecule has 8 nitrogen and oxygen atoms in total. The fraction of sp³-hybridized carbons (Fsp3) is 0.143. The maximum Gasteiger partial charge on any atom is 0.314 e. The Balaban J connectivity index is 2.23. The second-order valence-corrected chi connectivity index (χ2v) is 6.51. The van der Waals surface area contributed by atoms with Crippen molar-refractivity contribution in [2.24, 2.45) is 4.99 Å². The molecule has 2 aromatic heterocycles. The third kappa shape index (κ3) is 4.89. The van der Waals surface area contributed by atoms with E-state index in [2.05, 4.69) is 33.3 Å². The molecule has 0 radical (unpaired) electrons. The summed E-state index contributed by atoms with van der Waals surface area (Å²) >= 11 is 1.04. The molecule has 0 amide bonds. The van der Waals surface area contributed by atoms with Crippen LogP contribution in [0.5, 0.6) is 0 Å². The summed E-state index contributed by atoms with van der Waals surface area (Å²) in [6.07, 6.45) is 3.93. The third-order valence-electron chi connectivity index (χ3n) is 2.82. The molecular weight excluding hydrogens is 388 g/mol. The van der Waals surface area contributed by atoms with Crippen molar-refractivity contribution in [1.82, 2.24) is 19.5 Å². The van der Waals surface area contributed by atoms with Crippen LogP contribution in [0.25, 0.3) is 10.8 Å². The number of aliphatic imine (C=N–C) groups is 1. The second kappa shape index (κ2) is 9.10. The Bertz CT molecular complexity index is 909. The summed E-state index contributed by atoms with van der Waals surface area (Å²) in [5, 5.41) is 7.15. The van der Waals surface area contributed by atoms with E-state index in [1.807, 2.05) is 0 Å². The molecule has 0 saturated heterocycles. The number of hydrogen-bond acceptors (Lipinski definition) is 8. The Morgan fingerprint density at radius 2 is 2.19 bits per heavy atom. The first kappa shape index (κ1) is 19.6. The van der Waals surface area contributed by atoms with Crippen molar-refractivity contribution in [2.75, 3.05) is 0 Å². The van der Waals surface area contributed by atoms with Crippen molar-refractivity contribution in [2.45, 2.75) is 13.0 Å². The average molecular weight is 401 g/mol. The normalized spacial score (nSPS) is 12.2. The third-order valence-corrected chi connectivity index (χ3v) is 4.55. The van der Waals surface area contributed by atoms with Gasteiger partial charge in [-0.25, -0.2) is 13.4 Å². The van der Waals surface area contributed by atoms with Gasteiger partial charge in [0, 0.05) is 12.4 Å². The molecule has 12 heteroatoms. The van der Waals surface area contributed by atoms with Gasteiger partial charge in [-0.3, -0.25) is 9.30 Å². The summed E-state index contributed by atoms with van der Waals surface area (Å²) in [5.74, 6) is -0.905. The molecule has 138 valence electrons. The van der Waals surface area contributed by atoms with Gasteiger partial charge in [-0.1, -0.05) is 13.2 Å². The molecule has 0 aliphatic heterocycles. The highest BCUT2D eigenvalue weighted by Gasteiger charge is 2.19. The van der Waals surface area contributed by atoms with Gasteiger partial charge in [-0.2, -0.15) is 8.78 Å². The van der Waals surface area contributed by atoms with Crippen LogP contribution in [0.1, 0.15) is 17.3 Å². The molecule has 0 atom stereocenters. The van der Waals surface area contributed by atoms with Crippen LogP contribution in [0.2, 0.25) is 0 Å². The van der Waals surface area contributed by atoms with E-state index in [0.29, 0.717) is 9.88 Å². The highest BCUT2D eigenvalue weighted by Crippen LogP contribution is 2.28. The van der Waals surface area contributed by atoms with Gasteiger partial charge < -0.3 is 4.42 Å². The van der Waals surface area contributed by atoms with Crippen LogP contribution >= 0.6 is 11.3 Å². The first-order valence-corrected chi connectivity index (χ1v) is 8.86. The Morgan fingerprint density at radius 3 is 2.77 bits per heavy atom. The lowest BCUT2D eigenvalue weighted by atomic mass is 10.4. The molecule has 0 bridgehead atoms. The lowest BCUT2D eigenvalue weighted by Crippen LogP contribution is -2.19. The zero-order valence-electron chi connectivity index (χ0n) is 13.2. The summed E-state index contributed by atoms with van der Waals surface area (Å²) in [6, 6.07) is 0. The zero-order valence-corrected chi connectivity index (χ0v) is 14.9. The fourth-order valence-corrected chi connectivity index (χ4v) is 3.23. The largest absolute Gasteiger partial charge is 0.414 e. The maximum absolute atomic E-state index is 12.5. The number of thiol groups is 1. The van der Waals surface area contributed by atoms with Crippen LogP contribution in [0, 0.1) is 0 Å². The summed E-state index contributed by atoms with van der Waals surface area (Å²) in [4.78, 5) is 8.17. The Hall–Kier alpha value is -2.73. The molecule has 2 rings (SSSR count). The zero-order chi connectivity index (χ0) is 19.1. The van der Waals surface area contributed by atoms with Gasteiger partial charge in [-0.05, 0) is 12.2 Å². The van der Waals surface area contributed by atoms with Crippen LogP contribution in [-0.2, 0) is 17.4 Å². The Kier molecular flexibility index (Phi) is 6.86. The van der Waals surface area contributed by atoms with E-state index >= 15 is 0 Å². The van der Waals surface area contributed by atoms with Crippen molar-refractivity contribution >= 4 is 28.4 Å². The molecule has 26 heavy (non-hydrogen) atoms. The van der Waals surface area contributed by atoms with Crippen molar-refractivity contribution < 1.29 is 21.6 Å². The molecule has 0 aromatic carbocycles. The SMILES string of the molecule is C=C/N=C\C=C(/C=C)N(Cc1ncc(-c2nnc(C(F)F)o2)s1)[SH](=O)=O. The van der Waals surface area contributed by atoms with Gasteiger partial charge in [-0.15, -0.1) is 21.5 Å². The monoisotopic (exact) mass is 401 g/mol. The minimum absolute atomic E-state index is 0.0843. The smallest absolute Gasteiger partial charge is 0.314 e. The lowest BCUT2D eigenvalue weighted by molar-refractivity contribution is 0.116. The highest BCUT2D eigenvalue weighted by molar-refractivity contribution is 7.70. The number of alkyl halides is 2. The maximum atomic E-state index is 12.5. The van der Waals surface area contributed by atoms with Gasteiger partial charge in [0.25, 0.3) is 11.8 Å². The first-order chi connectivity index (χ1) is 12.5. The van der Waals surface area contributed by atoms with Gasteiger partial charge >= 0.3 is 6.43 Å². The van der Waals surface area contributed by atoms with E-state index in [4.69, 9.17) is 4.42 Å². The summed E-state index contributed by atoms with van der Waals surface area (Å²) in [5.41, 5.74) is 0.279. The van der Waals surface area contributed by atoms with E-state index in [1.54, 1.807) is 0 Å². The van der Waals surface area contributed by atoms with Gasteiger partial charge in [0.15, 0.2) is 0 Å². The second-order valence-electron chi connectivity index (χ2n) is 4.44. The summed E-state index contributed by atoms with van der Waals surface area (Å²) in [7, 11) is -2.98. The van der Waals surface area contributed by atoms with Crippen LogP contribution < -0.4 is 0 Å². The van der Waals surface area contributed by atoms with Crippen LogP contribution in [0.4, 0.5) is 8.78 Å². The topological polar surface area (TPSA) is 102 Å².